The maximum Gasteiger partial charge on any atom is 0.244 e. The van der Waals surface area contributed by atoms with E-state index in [1.165, 1.54) is 4.88 Å². The highest BCUT2D eigenvalue weighted by Crippen LogP contribution is 2.20. The fourth-order valence-corrected chi connectivity index (χ4v) is 5.10. The van der Waals surface area contributed by atoms with E-state index in [0.717, 1.165) is 61.0 Å². The van der Waals surface area contributed by atoms with E-state index in [4.69, 9.17) is 4.74 Å². The minimum absolute atomic E-state index is 0.0368. The van der Waals surface area contributed by atoms with Crippen molar-refractivity contribution in [3.63, 3.8) is 0 Å². The van der Waals surface area contributed by atoms with Crippen LogP contribution in [0, 0.1) is 12.8 Å². The van der Waals surface area contributed by atoms with Crippen molar-refractivity contribution >= 4 is 34.7 Å². The van der Waals surface area contributed by atoms with Gasteiger partial charge in [0.25, 0.3) is 0 Å². The summed E-state index contributed by atoms with van der Waals surface area (Å²) in [6.07, 6.45) is 5.72. The van der Waals surface area contributed by atoms with Crippen LogP contribution in [0.2, 0.25) is 0 Å². The van der Waals surface area contributed by atoms with E-state index in [1.807, 2.05) is 54.0 Å². The fourth-order valence-electron chi connectivity index (χ4n) is 3.75. The Kier molecular flexibility index (Phi) is 8.09. The quantitative estimate of drug-likeness (QED) is 0.443. The van der Waals surface area contributed by atoms with E-state index in [-0.39, 0.29) is 5.91 Å². The molecule has 3 heterocycles. The summed E-state index contributed by atoms with van der Waals surface area (Å²) in [5, 5.41) is 8.26. The van der Waals surface area contributed by atoms with Crippen LogP contribution in [-0.4, -0.2) is 35.4 Å². The average molecular weight is 468 g/mol. The molecule has 1 aliphatic heterocycles. The third-order valence-corrected chi connectivity index (χ3v) is 7.28. The van der Waals surface area contributed by atoms with Gasteiger partial charge in [-0.05, 0) is 74.0 Å². The summed E-state index contributed by atoms with van der Waals surface area (Å²) in [4.78, 5) is 20.6. The number of nitrogens with one attached hydrogen (secondary N) is 1. The molecule has 0 spiro atoms. The van der Waals surface area contributed by atoms with Gasteiger partial charge in [-0.15, -0.1) is 22.7 Å². The average Bonchev–Trinajstić information content (AvgIpc) is 3.48. The Morgan fingerprint density at radius 1 is 1.22 bits per heavy atom. The molecule has 1 N–H and O–H groups in total. The number of thiazole rings is 1. The van der Waals surface area contributed by atoms with Gasteiger partial charge in [-0.2, -0.15) is 0 Å². The maximum absolute atomic E-state index is 12.2. The molecule has 1 aromatic carbocycles. The molecule has 1 amide bonds. The summed E-state index contributed by atoms with van der Waals surface area (Å²) in [5.74, 6) is 1.32. The van der Waals surface area contributed by atoms with Crippen LogP contribution >= 0.6 is 22.7 Å². The van der Waals surface area contributed by atoms with Crippen molar-refractivity contribution in [3.8, 4) is 5.75 Å². The Bertz CT molecular complexity index is 1000. The lowest BCUT2D eigenvalue weighted by atomic mass is 9.97. The fraction of sp³-hybridized carbons (Fsp3) is 0.360. The molecular weight excluding hydrogens is 438 g/mol. The molecule has 1 aliphatic rings. The number of carbonyl (C=O) groups is 1. The molecule has 0 atom stereocenters. The first-order valence-corrected chi connectivity index (χ1v) is 12.7. The van der Waals surface area contributed by atoms with E-state index in [1.54, 1.807) is 17.4 Å². The Labute approximate surface area is 197 Å². The number of amides is 1. The number of carbonyl (C=O) groups excluding carboxylic acids is 1. The van der Waals surface area contributed by atoms with Crippen LogP contribution in [0.15, 0.2) is 53.2 Å². The lowest BCUT2D eigenvalue weighted by molar-refractivity contribution is -0.116. The predicted molar refractivity (Wildman–Crippen MR) is 132 cm³/mol. The topological polar surface area (TPSA) is 54.5 Å². The van der Waals surface area contributed by atoms with Gasteiger partial charge in [0.2, 0.25) is 5.91 Å². The number of rotatable bonds is 9. The first-order chi connectivity index (χ1) is 15.6. The number of likely N-dealkylation sites (tertiary alicyclic amines) is 1. The Hall–Kier alpha value is -2.48. The zero-order valence-electron chi connectivity index (χ0n) is 18.3. The number of aryl methyl sites for hydroxylation is 1. The van der Waals surface area contributed by atoms with E-state index < -0.39 is 0 Å². The molecule has 0 saturated carbocycles. The largest absolute Gasteiger partial charge is 0.487 e. The highest BCUT2D eigenvalue weighted by atomic mass is 32.1. The van der Waals surface area contributed by atoms with Crippen LogP contribution in [0.1, 0.15) is 34.0 Å². The summed E-state index contributed by atoms with van der Waals surface area (Å²) in [6.45, 7) is 6.46. The van der Waals surface area contributed by atoms with E-state index in [9.17, 15) is 4.79 Å². The summed E-state index contributed by atoms with van der Waals surface area (Å²) in [5.41, 5.74) is 1.92. The van der Waals surface area contributed by atoms with Crippen LogP contribution < -0.4 is 10.1 Å². The number of benzene rings is 1. The van der Waals surface area contributed by atoms with Crippen LogP contribution in [0.5, 0.6) is 5.75 Å². The second-order valence-corrected chi connectivity index (χ2v) is 10.2. The third-order valence-electron chi connectivity index (χ3n) is 5.59. The summed E-state index contributed by atoms with van der Waals surface area (Å²) >= 11 is 3.45. The number of nitrogens with zero attached hydrogens (tertiary/aromatic N) is 2. The number of hydrogen-bond acceptors (Lipinski definition) is 6. The maximum atomic E-state index is 12.2. The molecule has 1 saturated heterocycles. The van der Waals surface area contributed by atoms with Crippen molar-refractivity contribution in [2.45, 2.75) is 32.9 Å². The minimum Gasteiger partial charge on any atom is -0.487 e. The van der Waals surface area contributed by atoms with Gasteiger partial charge in [0.1, 0.15) is 12.4 Å². The molecule has 0 aliphatic carbocycles. The van der Waals surface area contributed by atoms with Crippen molar-refractivity contribution in [3.05, 3.63) is 74.4 Å². The molecular formula is C25H29N3O2S2. The summed E-state index contributed by atoms with van der Waals surface area (Å²) < 4.78 is 5.77. The van der Waals surface area contributed by atoms with Gasteiger partial charge in [0, 0.05) is 29.4 Å². The van der Waals surface area contributed by atoms with Crippen molar-refractivity contribution in [1.29, 1.82) is 0 Å². The van der Waals surface area contributed by atoms with Gasteiger partial charge >= 0.3 is 0 Å². The number of thiophene rings is 1. The lowest BCUT2D eigenvalue weighted by Gasteiger charge is -2.31. The van der Waals surface area contributed by atoms with Crippen molar-refractivity contribution in [2.24, 2.45) is 5.92 Å². The van der Waals surface area contributed by atoms with Gasteiger partial charge in [-0.3, -0.25) is 9.69 Å². The second-order valence-electron chi connectivity index (χ2n) is 8.09. The van der Waals surface area contributed by atoms with Crippen molar-refractivity contribution in [2.75, 3.05) is 19.6 Å². The Morgan fingerprint density at radius 2 is 2.03 bits per heavy atom. The highest BCUT2D eigenvalue weighted by molar-refractivity contribution is 7.10. The summed E-state index contributed by atoms with van der Waals surface area (Å²) in [7, 11) is 0. The third kappa shape index (κ3) is 7.02. The molecule has 1 fully saturated rings. The van der Waals surface area contributed by atoms with Gasteiger partial charge in [-0.25, -0.2) is 4.98 Å². The molecule has 32 heavy (non-hydrogen) atoms. The van der Waals surface area contributed by atoms with E-state index in [2.05, 4.69) is 32.7 Å². The first-order valence-electron chi connectivity index (χ1n) is 11.0. The lowest BCUT2D eigenvalue weighted by Crippen LogP contribution is -2.37. The molecule has 2 aromatic heterocycles. The molecule has 0 radical (unpaired) electrons. The van der Waals surface area contributed by atoms with Gasteiger partial charge in [-0.1, -0.05) is 18.2 Å². The highest BCUT2D eigenvalue weighted by Gasteiger charge is 2.19. The van der Waals surface area contributed by atoms with Gasteiger partial charge in [0.15, 0.2) is 0 Å². The van der Waals surface area contributed by atoms with Crippen LogP contribution in [0.4, 0.5) is 0 Å². The number of hydrogen-bond donors (Lipinski definition) is 1. The molecule has 3 aromatic rings. The van der Waals surface area contributed by atoms with Crippen molar-refractivity contribution < 1.29 is 9.53 Å². The number of aromatic nitrogens is 1. The van der Waals surface area contributed by atoms with Gasteiger partial charge < -0.3 is 10.1 Å². The zero-order valence-corrected chi connectivity index (χ0v) is 20.0. The smallest absolute Gasteiger partial charge is 0.244 e. The predicted octanol–water partition coefficient (Wildman–Crippen LogP) is 5.13. The molecule has 0 unspecified atom stereocenters. The molecule has 5 nitrogen and oxygen atoms in total. The van der Waals surface area contributed by atoms with E-state index in [0.29, 0.717) is 12.5 Å². The zero-order chi connectivity index (χ0) is 22.2. The molecule has 7 heteroatoms. The summed E-state index contributed by atoms with van der Waals surface area (Å²) in [6, 6.07) is 12.1. The van der Waals surface area contributed by atoms with Crippen molar-refractivity contribution in [1.82, 2.24) is 15.2 Å². The normalized spacial score (nSPS) is 15.3. The molecule has 0 bridgehead atoms. The SMILES string of the molecule is Cc1nc(COc2ccc(/C=C/C(=O)NCC3CCN(Cc4cccs4)CC3)cc2)cs1. The first kappa shape index (κ1) is 22.7. The standard InChI is InChI=1S/C25H29N3O2S2/c1-19-27-22(18-32-19)17-30-23-7-4-20(5-8-23)6-9-25(29)26-15-21-10-12-28(13-11-21)16-24-3-2-14-31-24/h2-9,14,18,21H,10-13,15-17H2,1H3,(H,26,29)/b9-6+. The molecule has 4 rings (SSSR count). The minimum atomic E-state index is -0.0368. The van der Waals surface area contributed by atoms with E-state index >= 15 is 0 Å². The monoisotopic (exact) mass is 467 g/mol. The van der Waals surface area contributed by atoms with Crippen LogP contribution in [0.3, 0.4) is 0 Å². The van der Waals surface area contributed by atoms with Crippen LogP contribution in [-0.2, 0) is 17.9 Å². The second kappa shape index (κ2) is 11.4. The Morgan fingerprint density at radius 3 is 2.72 bits per heavy atom. The number of piperidine rings is 1. The number of ether oxygens (including phenoxy) is 1. The Balaban J connectivity index is 1.14. The van der Waals surface area contributed by atoms with Gasteiger partial charge in [0.05, 0.1) is 10.7 Å². The van der Waals surface area contributed by atoms with Crippen LogP contribution in [0.25, 0.3) is 6.08 Å². The molecule has 168 valence electrons.